The molecule has 10 nitrogen and oxygen atoms in total. The second kappa shape index (κ2) is 8.93. The Bertz CT molecular complexity index is 1370. The first-order valence-corrected chi connectivity index (χ1v) is 12.2. The Labute approximate surface area is 188 Å². The molecule has 0 aliphatic heterocycles. The largest absolute Gasteiger partial charge is 0.480 e. The first kappa shape index (κ1) is 21.7. The number of hydrogen-bond donors (Lipinski definition) is 3. The van der Waals surface area contributed by atoms with E-state index in [2.05, 4.69) is 30.2 Å². The van der Waals surface area contributed by atoms with Gasteiger partial charge in [-0.3, -0.25) is 14.6 Å². The molecule has 0 radical (unpaired) electrons. The molecule has 0 fully saturated rings. The summed E-state index contributed by atoms with van der Waals surface area (Å²) < 4.78 is 32.3. The minimum absolute atomic E-state index is 0.0206. The van der Waals surface area contributed by atoms with Crippen molar-refractivity contribution in [2.75, 3.05) is 22.9 Å². The van der Waals surface area contributed by atoms with Gasteiger partial charge < -0.3 is 10.1 Å². The van der Waals surface area contributed by atoms with Crippen LogP contribution in [0.15, 0.2) is 41.5 Å². The molecule has 4 rings (SSSR count). The maximum atomic E-state index is 12.5. The van der Waals surface area contributed by atoms with Gasteiger partial charge in [0.1, 0.15) is 11.4 Å². The predicted octanol–water partition coefficient (Wildman–Crippen LogP) is 3.49. The molecule has 0 saturated heterocycles. The number of fused-ring (bicyclic) bond motifs is 1. The molecule has 32 heavy (non-hydrogen) atoms. The molecule has 0 aliphatic carbocycles. The zero-order valence-electron chi connectivity index (χ0n) is 17.2. The molecule has 0 bridgehead atoms. The second-order valence-corrected chi connectivity index (χ2v) is 9.45. The van der Waals surface area contributed by atoms with Crippen LogP contribution in [0.3, 0.4) is 0 Å². The molecule has 0 aliphatic rings. The number of pyridine rings is 1. The number of amides is 1. The van der Waals surface area contributed by atoms with E-state index < -0.39 is 10.0 Å². The lowest BCUT2D eigenvalue weighted by Crippen LogP contribution is -2.17. The third-order valence-electron chi connectivity index (χ3n) is 4.59. The number of nitrogens with zero attached hydrogens (tertiary/aromatic N) is 3. The highest BCUT2D eigenvalue weighted by molar-refractivity contribution is 7.92. The van der Waals surface area contributed by atoms with E-state index in [1.165, 1.54) is 18.4 Å². The van der Waals surface area contributed by atoms with E-state index in [0.717, 1.165) is 5.39 Å². The summed E-state index contributed by atoms with van der Waals surface area (Å²) in [6.45, 7) is 1.78. The SMILES string of the molecule is CCCS(=O)(=O)Nc1cc(-c2cc(NC(=O)c3cscn3)c3cn[nH]c3c2)cnc1OC. The summed E-state index contributed by atoms with van der Waals surface area (Å²) in [4.78, 5) is 20.8. The van der Waals surface area contributed by atoms with Gasteiger partial charge in [-0.15, -0.1) is 11.3 Å². The maximum Gasteiger partial charge on any atom is 0.275 e. The van der Waals surface area contributed by atoms with Crippen molar-refractivity contribution in [1.82, 2.24) is 20.2 Å². The first-order chi connectivity index (χ1) is 15.4. The molecule has 0 atom stereocenters. The third-order valence-corrected chi connectivity index (χ3v) is 6.65. The summed E-state index contributed by atoms with van der Waals surface area (Å²) in [6, 6.07) is 5.26. The number of carbonyl (C=O) groups excluding carboxylic acids is 1. The maximum absolute atomic E-state index is 12.5. The number of carbonyl (C=O) groups is 1. The van der Waals surface area contributed by atoms with Crippen molar-refractivity contribution >= 4 is 49.5 Å². The number of H-pyrrole nitrogens is 1. The summed E-state index contributed by atoms with van der Waals surface area (Å²) in [7, 11) is -2.12. The van der Waals surface area contributed by atoms with Crippen molar-refractivity contribution in [2.24, 2.45) is 0 Å². The molecule has 0 spiro atoms. The number of nitrogens with one attached hydrogen (secondary N) is 3. The van der Waals surface area contributed by atoms with Crippen LogP contribution in [0.2, 0.25) is 0 Å². The number of thiazole rings is 1. The van der Waals surface area contributed by atoms with Gasteiger partial charge in [-0.2, -0.15) is 5.10 Å². The first-order valence-electron chi connectivity index (χ1n) is 9.61. The van der Waals surface area contributed by atoms with Crippen molar-refractivity contribution in [3.8, 4) is 17.0 Å². The molecule has 166 valence electrons. The van der Waals surface area contributed by atoms with Crippen LogP contribution in [0.4, 0.5) is 11.4 Å². The quantitative estimate of drug-likeness (QED) is 0.357. The molecule has 1 amide bonds. The van der Waals surface area contributed by atoms with Gasteiger partial charge in [0, 0.05) is 22.5 Å². The average Bonchev–Trinajstić information content (AvgIpc) is 3.45. The number of hydrogen-bond acceptors (Lipinski definition) is 8. The van der Waals surface area contributed by atoms with Gasteiger partial charge in [0.25, 0.3) is 5.91 Å². The molecule has 4 aromatic rings. The van der Waals surface area contributed by atoms with Gasteiger partial charge >= 0.3 is 0 Å². The van der Waals surface area contributed by atoms with Gasteiger partial charge in [0.05, 0.1) is 35.8 Å². The number of aromatic amines is 1. The van der Waals surface area contributed by atoms with E-state index in [1.807, 2.05) is 6.07 Å². The normalized spacial score (nSPS) is 11.4. The fourth-order valence-electron chi connectivity index (χ4n) is 3.17. The number of sulfonamides is 1. The van der Waals surface area contributed by atoms with E-state index >= 15 is 0 Å². The Kier molecular flexibility index (Phi) is 6.06. The highest BCUT2D eigenvalue weighted by Crippen LogP contribution is 2.33. The lowest BCUT2D eigenvalue weighted by Gasteiger charge is -2.13. The lowest BCUT2D eigenvalue weighted by molar-refractivity contribution is 0.102. The molecule has 3 N–H and O–H groups in total. The molecule has 0 unspecified atom stereocenters. The zero-order chi connectivity index (χ0) is 22.7. The molecule has 12 heteroatoms. The van der Waals surface area contributed by atoms with E-state index in [1.54, 1.807) is 42.3 Å². The molecule has 3 aromatic heterocycles. The van der Waals surface area contributed by atoms with Crippen molar-refractivity contribution < 1.29 is 17.9 Å². The Morgan fingerprint density at radius 3 is 2.69 bits per heavy atom. The number of benzene rings is 1. The second-order valence-electron chi connectivity index (χ2n) is 6.88. The van der Waals surface area contributed by atoms with Crippen LogP contribution in [0.5, 0.6) is 5.88 Å². The van der Waals surface area contributed by atoms with E-state index in [4.69, 9.17) is 4.74 Å². The van der Waals surface area contributed by atoms with Crippen LogP contribution >= 0.6 is 11.3 Å². The van der Waals surface area contributed by atoms with Gasteiger partial charge in [-0.25, -0.2) is 18.4 Å². The van der Waals surface area contributed by atoms with Crippen LogP contribution < -0.4 is 14.8 Å². The monoisotopic (exact) mass is 472 g/mol. The van der Waals surface area contributed by atoms with Gasteiger partial charge in [-0.05, 0) is 30.2 Å². The van der Waals surface area contributed by atoms with Gasteiger partial charge in [-0.1, -0.05) is 6.92 Å². The van der Waals surface area contributed by atoms with E-state index in [0.29, 0.717) is 34.4 Å². The van der Waals surface area contributed by atoms with Crippen LogP contribution in [0.1, 0.15) is 23.8 Å². The molecule has 3 heterocycles. The molecular weight excluding hydrogens is 452 g/mol. The van der Waals surface area contributed by atoms with Crippen molar-refractivity contribution in [2.45, 2.75) is 13.3 Å². The smallest absolute Gasteiger partial charge is 0.275 e. The number of rotatable bonds is 8. The average molecular weight is 473 g/mol. The van der Waals surface area contributed by atoms with Crippen LogP contribution in [-0.4, -0.2) is 47.4 Å². The standard InChI is InChI=1S/C20H20N6O4S2/c1-3-4-32(28,29)26-17-7-13(8-21-20(17)30-2)12-5-15(14-9-23-25-16(14)6-12)24-19(27)18-10-31-11-22-18/h5-11,26H,3-4H2,1-2H3,(H,23,25)(H,24,27). The van der Waals surface area contributed by atoms with Crippen LogP contribution in [0, 0.1) is 0 Å². The topological polar surface area (TPSA) is 139 Å². The Balaban J connectivity index is 1.75. The molecule has 0 saturated carbocycles. The van der Waals surface area contributed by atoms with E-state index in [-0.39, 0.29) is 23.2 Å². The van der Waals surface area contributed by atoms with Gasteiger partial charge in [0.15, 0.2) is 0 Å². The van der Waals surface area contributed by atoms with E-state index in [9.17, 15) is 13.2 Å². The predicted molar refractivity (Wildman–Crippen MR) is 124 cm³/mol. The van der Waals surface area contributed by atoms with Crippen LogP contribution in [-0.2, 0) is 10.0 Å². The summed E-state index contributed by atoms with van der Waals surface area (Å²) in [5.74, 6) is -0.201. The fraction of sp³-hybridized carbons (Fsp3) is 0.200. The van der Waals surface area contributed by atoms with Crippen LogP contribution in [0.25, 0.3) is 22.0 Å². The highest BCUT2D eigenvalue weighted by atomic mass is 32.2. The lowest BCUT2D eigenvalue weighted by atomic mass is 10.0. The van der Waals surface area contributed by atoms with Crippen molar-refractivity contribution in [3.63, 3.8) is 0 Å². The molecular formula is C20H20N6O4S2. The minimum Gasteiger partial charge on any atom is -0.480 e. The fourth-order valence-corrected chi connectivity index (χ4v) is 4.82. The number of ether oxygens (including phenoxy) is 1. The Morgan fingerprint density at radius 2 is 1.97 bits per heavy atom. The molecule has 1 aromatic carbocycles. The number of anilines is 2. The summed E-state index contributed by atoms with van der Waals surface area (Å²) in [6.07, 6.45) is 3.66. The summed E-state index contributed by atoms with van der Waals surface area (Å²) >= 11 is 1.33. The summed E-state index contributed by atoms with van der Waals surface area (Å²) in [5, 5.41) is 12.2. The highest BCUT2D eigenvalue weighted by Gasteiger charge is 2.17. The number of aromatic nitrogens is 4. The Morgan fingerprint density at radius 1 is 1.16 bits per heavy atom. The van der Waals surface area contributed by atoms with Gasteiger partial charge in [0.2, 0.25) is 15.9 Å². The van der Waals surface area contributed by atoms with Crippen molar-refractivity contribution in [1.29, 1.82) is 0 Å². The third kappa shape index (κ3) is 4.55. The Hall–Kier alpha value is -3.51. The summed E-state index contributed by atoms with van der Waals surface area (Å²) in [5.41, 5.74) is 4.69. The zero-order valence-corrected chi connectivity index (χ0v) is 18.9. The minimum atomic E-state index is -3.54. The van der Waals surface area contributed by atoms with Crippen molar-refractivity contribution in [3.05, 3.63) is 47.2 Å². The number of methoxy groups -OCH3 is 1.